The Hall–Kier alpha value is -2.28. The minimum absolute atomic E-state index is 0.122. The van der Waals surface area contributed by atoms with Crippen LogP contribution in [0.1, 0.15) is 16.1 Å². The number of nitro benzene ring substituents is 1. The van der Waals surface area contributed by atoms with Crippen molar-refractivity contribution in [2.45, 2.75) is 6.92 Å². The molecule has 0 bridgehead atoms. The van der Waals surface area contributed by atoms with E-state index in [0.717, 1.165) is 0 Å². The number of rotatable bonds is 3. The van der Waals surface area contributed by atoms with Gasteiger partial charge in [-0.1, -0.05) is 6.07 Å². The third kappa shape index (κ3) is 3.18. The third-order valence-corrected chi connectivity index (χ3v) is 3.06. The van der Waals surface area contributed by atoms with E-state index in [1.165, 1.54) is 24.3 Å². The first kappa shape index (κ1) is 14.1. The Morgan fingerprint density at radius 3 is 2.75 bits per heavy atom. The van der Waals surface area contributed by atoms with Crippen LogP contribution in [0.4, 0.5) is 11.4 Å². The summed E-state index contributed by atoms with van der Waals surface area (Å²) < 4.78 is 0.670. The molecule has 0 saturated carbocycles. The van der Waals surface area contributed by atoms with E-state index in [4.69, 9.17) is 0 Å². The van der Waals surface area contributed by atoms with E-state index >= 15 is 0 Å². The molecule has 0 unspecified atom stereocenters. The van der Waals surface area contributed by atoms with Crippen LogP contribution in [-0.4, -0.2) is 15.8 Å². The van der Waals surface area contributed by atoms with Crippen molar-refractivity contribution in [1.29, 1.82) is 0 Å². The van der Waals surface area contributed by atoms with Crippen LogP contribution < -0.4 is 5.32 Å². The van der Waals surface area contributed by atoms with Crippen molar-refractivity contribution in [2.75, 3.05) is 5.32 Å². The van der Waals surface area contributed by atoms with Crippen LogP contribution in [0.5, 0.6) is 0 Å². The first-order chi connectivity index (χ1) is 9.47. The molecule has 0 aliphatic carbocycles. The van der Waals surface area contributed by atoms with Crippen molar-refractivity contribution in [3.63, 3.8) is 0 Å². The number of carbonyl (C=O) groups is 1. The van der Waals surface area contributed by atoms with E-state index < -0.39 is 10.8 Å². The highest BCUT2D eigenvalue weighted by Gasteiger charge is 2.12. The molecule has 1 aromatic heterocycles. The number of hydrogen-bond donors (Lipinski definition) is 1. The predicted octanol–water partition coefficient (Wildman–Crippen LogP) is 3.31. The van der Waals surface area contributed by atoms with Crippen molar-refractivity contribution in [3.8, 4) is 0 Å². The predicted molar refractivity (Wildman–Crippen MR) is 77.7 cm³/mol. The Balaban J connectivity index is 2.24. The first-order valence-electron chi connectivity index (χ1n) is 5.66. The molecule has 7 heteroatoms. The Bertz CT molecular complexity index is 688. The fourth-order valence-electron chi connectivity index (χ4n) is 1.62. The molecule has 1 aromatic carbocycles. The highest BCUT2D eigenvalue weighted by Crippen LogP contribution is 2.18. The zero-order valence-electron chi connectivity index (χ0n) is 10.5. The maximum atomic E-state index is 12.1. The van der Waals surface area contributed by atoms with Gasteiger partial charge in [-0.3, -0.25) is 14.9 Å². The second-order valence-corrected chi connectivity index (χ2v) is 4.84. The number of aromatic nitrogens is 1. The van der Waals surface area contributed by atoms with Gasteiger partial charge in [0.05, 0.1) is 16.3 Å². The lowest BCUT2D eigenvalue weighted by molar-refractivity contribution is -0.384. The van der Waals surface area contributed by atoms with Crippen LogP contribution in [0, 0.1) is 17.0 Å². The second kappa shape index (κ2) is 5.79. The number of nitro groups is 1. The molecule has 0 saturated heterocycles. The summed E-state index contributed by atoms with van der Waals surface area (Å²) in [7, 11) is 0. The summed E-state index contributed by atoms with van der Waals surface area (Å²) in [5, 5.41) is 13.4. The normalized spacial score (nSPS) is 10.1. The summed E-state index contributed by atoms with van der Waals surface area (Å²) in [6, 6.07) is 8.97. The van der Waals surface area contributed by atoms with E-state index in [2.05, 4.69) is 26.2 Å². The summed E-state index contributed by atoms with van der Waals surface area (Å²) in [6.45, 7) is 1.76. The Labute approximate surface area is 123 Å². The molecule has 0 radical (unpaired) electrons. The summed E-state index contributed by atoms with van der Waals surface area (Å²) in [5.41, 5.74) is 1.31. The summed E-state index contributed by atoms with van der Waals surface area (Å²) in [4.78, 5) is 26.4. The molecule has 0 atom stereocenters. The van der Waals surface area contributed by atoms with Gasteiger partial charge in [-0.15, -0.1) is 0 Å². The number of pyridine rings is 1. The van der Waals surface area contributed by atoms with Gasteiger partial charge in [-0.2, -0.15) is 0 Å². The number of anilines is 1. The van der Waals surface area contributed by atoms with E-state index in [1.54, 1.807) is 19.1 Å². The van der Waals surface area contributed by atoms with E-state index in [9.17, 15) is 14.9 Å². The second-order valence-electron chi connectivity index (χ2n) is 4.03. The molecule has 0 spiro atoms. The van der Waals surface area contributed by atoms with E-state index in [1.807, 2.05) is 0 Å². The molecule has 102 valence electrons. The number of benzene rings is 1. The van der Waals surface area contributed by atoms with Crippen molar-refractivity contribution < 1.29 is 9.72 Å². The number of aryl methyl sites for hydroxylation is 1. The van der Waals surface area contributed by atoms with Crippen LogP contribution in [0.2, 0.25) is 0 Å². The molecule has 6 nitrogen and oxygen atoms in total. The van der Waals surface area contributed by atoms with Crippen LogP contribution in [0.3, 0.4) is 0 Å². The number of hydrogen-bond acceptors (Lipinski definition) is 4. The van der Waals surface area contributed by atoms with Crippen molar-refractivity contribution in [2.24, 2.45) is 0 Å². The SMILES string of the molecule is Cc1nc(Br)ccc1NC(=O)c1cccc([N+](=O)[O-])c1. The molecule has 1 N–H and O–H groups in total. The van der Waals surface area contributed by atoms with Gasteiger partial charge in [0.25, 0.3) is 11.6 Å². The quantitative estimate of drug-likeness (QED) is 0.529. The number of amides is 1. The largest absolute Gasteiger partial charge is 0.320 e. The summed E-state index contributed by atoms with van der Waals surface area (Å²) in [6.07, 6.45) is 0. The first-order valence-corrected chi connectivity index (χ1v) is 6.45. The maximum Gasteiger partial charge on any atom is 0.270 e. The van der Waals surface area contributed by atoms with Crippen molar-refractivity contribution in [3.05, 3.63) is 62.4 Å². The minimum atomic E-state index is -0.538. The zero-order chi connectivity index (χ0) is 14.7. The highest BCUT2D eigenvalue weighted by atomic mass is 79.9. The lowest BCUT2D eigenvalue weighted by Gasteiger charge is -2.07. The molecule has 1 heterocycles. The van der Waals surface area contributed by atoms with Gasteiger partial charge in [0.2, 0.25) is 0 Å². The smallest absolute Gasteiger partial charge is 0.270 e. The molecule has 0 fully saturated rings. The van der Waals surface area contributed by atoms with Gasteiger partial charge in [0.15, 0.2) is 0 Å². The van der Waals surface area contributed by atoms with Gasteiger partial charge in [0, 0.05) is 17.7 Å². The van der Waals surface area contributed by atoms with Crippen LogP contribution in [-0.2, 0) is 0 Å². The summed E-state index contributed by atoms with van der Waals surface area (Å²) in [5.74, 6) is -0.416. The molecule has 0 aliphatic rings. The van der Waals surface area contributed by atoms with Gasteiger partial charge < -0.3 is 5.32 Å². The molecule has 2 rings (SSSR count). The molecule has 1 amide bonds. The molecular weight excluding hydrogens is 326 g/mol. The Morgan fingerprint density at radius 1 is 1.35 bits per heavy atom. The standard InChI is InChI=1S/C13H10BrN3O3/c1-8-11(5-6-12(14)15-8)16-13(18)9-3-2-4-10(7-9)17(19)20/h2-7H,1H3,(H,16,18). The Morgan fingerprint density at radius 2 is 2.10 bits per heavy atom. The lowest BCUT2D eigenvalue weighted by atomic mass is 10.2. The number of carbonyl (C=O) groups excluding carboxylic acids is 1. The van der Waals surface area contributed by atoms with Gasteiger partial charge >= 0.3 is 0 Å². The molecule has 20 heavy (non-hydrogen) atoms. The van der Waals surface area contributed by atoms with Crippen molar-refractivity contribution in [1.82, 2.24) is 4.98 Å². The Kier molecular flexibility index (Phi) is 4.09. The van der Waals surface area contributed by atoms with E-state index in [0.29, 0.717) is 16.0 Å². The summed E-state index contributed by atoms with van der Waals surface area (Å²) >= 11 is 3.23. The lowest BCUT2D eigenvalue weighted by Crippen LogP contribution is -2.13. The average Bonchev–Trinajstić information content (AvgIpc) is 2.42. The maximum absolute atomic E-state index is 12.1. The number of nitrogens with one attached hydrogen (secondary N) is 1. The zero-order valence-corrected chi connectivity index (χ0v) is 12.0. The highest BCUT2D eigenvalue weighted by molar-refractivity contribution is 9.10. The molecular formula is C13H10BrN3O3. The van der Waals surface area contributed by atoms with Crippen LogP contribution in [0.15, 0.2) is 41.0 Å². The van der Waals surface area contributed by atoms with Gasteiger partial charge in [-0.25, -0.2) is 4.98 Å². The fraction of sp³-hybridized carbons (Fsp3) is 0.0769. The average molecular weight is 336 g/mol. The number of halogens is 1. The minimum Gasteiger partial charge on any atom is -0.320 e. The third-order valence-electron chi connectivity index (χ3n) is 2.62. The van der Waals surface area contributed by atoms with E-state index in [-0.39, 0.29) is 11.3 Å². The van der Waals surface area contributed by atoms with Crippen LogP contribution in [0.25, 0.3) is 0 Å². The number of non-ortho nitro benzene ring substituents is 1. The number of nitrogens with zero attached hydrogens (tertiary/aromatic N) is 2. The molecule has 0 aliphatic heterocycles. The fourth-order valence-corrected chi connectivity index (χ4v) is 2.02. The topological polar surface area (TPSA) is 85.1 Å². The van der Waals surface area contributed by atoms with Crippen molar-refractivity contribution >= 4 is 33.2 Å². The monoisotopic (exact) mass is 335 g/mol. The van der Waals surface area contributed by atoms with Gasteiger partial charge in [0.1, 0.15) is 4.60 Å². The molecule has 2 aromatic rings. The van der Waals surface area contributed by atoms with Crippen LogP contribution >= 0.6 is 15.9 Å². The van der Waals surface area contributed by atoms with Gasteiger partial charge in [-0.05, 0) is 41.1 Å².